The second kappa shape index (κ2) is 7.10. The van der Waals surface area contributed by atoms with E-state index in [4.69, 9.17) is 23.2 Å². The highest BCUT2D eigenvalue weighted by Crippen LogP contribution is 2.33. The van der Waals surface area contributed by atoms with Gasteiger partial charge in [0.2, 0.25) is 0 Å². The molecule has 0 aliphatic rings. The van der Waals surface area contributed by atoms with Gasteiger partial charge < -0.3 is 0 Å². The molecule has 25 heavy (non-hydrogen) atoms. The lowest BCUT2D eigenvalue weighted by Crippen LogP contribution is -2.26. The first kappa shape index (κ1) is 17.2. The first-order chi connectivity index (χ1) is 12.0. The van der Waals surface area contributed by atoms with Gasteiger partial charge in [-0.2, -0.15) is 10.4 Å². The molecule has 1 aromatic heterocycles. The van der Waals surface area contributed by atoms with E-state index in [0.29, 0.717) is 26.9 Å². The molecule has 0 N–H and O–H groups in total. The highest BCUT2D eigenvalue weighted by Gasteiger charge is 2.19. The van der Waals surface area contributed by atoms with Gasteiger partial charge in [-0.05, 0) is 36.8 Å². The van der Waals surface area contributed by atoms with E-state index in [0.717, 1.165) is 5.56 Å². The van der Waals surface area contributed by atoms with Crippen LogP contribution in [0.1, 0.15) is 5.56 Å². The van der Waals surface area contributed by atoms with Crippen LogP contribution in [-0.4, -0.2) is 9.78 Å². The van der Waals surface area contributed by atoms with E-state index in [-0.39, 0.29) is 12.1 Å². The third-order valence-corrected chi connectivity index (χ3v) is 4.23. The van der Waals surface area contributed by atoms with Crippen molar-refractivity contribution in [1.29, 1.82) is 5.26 Å². The largest absolute Gasteiger partial charge is 0.285 e. The zero-order chi connectivity index (χ0) is 18.0. The Kier molecular flexibility index (Phi) is 4.89. The van der Waals surface area contributed by atoms with Crippen LogP contribution in [0.15, 0.2) is 53.3 Å². The summed E-state index contributed by atoms with van der Waals surface area (Å²) in [7, 11) is 0. The maximum Gasteiger partial charge on any atom is 0.285 e. The lowest BCUT2D eigenvalue weighted by atomic mass is 9.96. The minimum absolute atomic E-state index is 0.0194. The van der Waals surface area contributed by atoms with Crippen LogP contribution in [-0.2, 0) is 6.54 Å². The molecular formula is C19H12Cl2N3O. The summed E-state index contributed by atoms with van der Waals surface area (Å²) in [4.78, 5) is 12.5. The van der Waals surface area contributed by atoms with Gasteiger partial charge in [-0.1, -0.05) is 47.5 Å². The Labute approximate surface area is 154 Å². The van der Waals surface area contributed by atoms with Crippen LogP contribution in [0.2, 0.25) is 10.0 Å². The molecule has 0 spiro atoms. The molecule has 0 saturated heterocycles. The molecule has 0 saturated carbocycles. The van der Waals surface area contributed by atoms with Crippen LogP contribution < -0.4 is 5.56 Å². The van der Waals surface area contributed by atoms with Crippen molar-refractivity contribution in [3.8, 4) is 28.5 Å². The highest BCUT2D eigenvalue weighted by atomic mass is 35.5. The molecule has 0 atom stereocenters. The van der Waals surface area contributed by atoms with Gasteiger partial charge in [-0.3, -0.25) is 4.79 Å². The van der Waals surface area contributed by atoms with Crippen LogP contribution >= 0.6 is 23.2 Å². The third kappa shape index (κ3) is 3.30. The van der Waals surface area contributed by atoms with Gasteiger partial charge in [-0.25, -0.2) is 4.68 Å². The summed E-state index contributed by atoms with van der Waals surface area (Å²) in [5.41, 5.74) is 1.96. The number of hydrogen-bond acceptors (Lipinski definition) is 3. The minimum Gasteiger partial charge on any atom is -0.266 e. The minimum atomic E-state index is -0.472. The van der Waals surface area contributed by atoms with E-state index in [2.05, 4.69) is 12.0 Å². The third-order valence-electron chi connectivity index (χ3n) is 3.73. The van der Waals surface area contributed by atoms with E-state index in [1.54, 1.807) is 48.5 Å². The van der Waals surface area contributed by atoms with Gasteiger partial charge >= 0.3 is 0 Å². The molecule has 4 nitrogen and oxygen atoms in total. The number of nitriles is 1. The Balaban J connectivity index is 2.39. The number of nitrogens with zero attached hydrogens (tertiary/aromatic N) is 3. The average molecular weight is 369 g/mol. The van der Waals surface area contributed by atoms with Crippen molar-refractivity contribution in [2.75, 3.05) is 0 Å². The molecule has 6 heteroatoms. The fourth-order valence-corrected chi connectivity index (χ4v) is 2.79. The van der Waals surface area contributed by atoms with Gasteiger partial charge in [0.1, 0.15) is 17.3 Å². The predicted octanol–water partition coefficient (Wildman–Crippen LogP) is 4.59. The molecule has 0 amide bonds. The molecule has 0 aliphatic heterocycles. The van der Waals surface area contributed by atoms with E-state index in [1.165, 1.54) is 4.68 Å². The molecule has 2 aromatic carbocycles. The first-order valence-electron chi connectivity index (χ1n) is 7.41. The van der Waals surface area contributed by atoms with Crippen LogP contribution in [0.4, 0.5) is 0 Å². The zero-order valence-corrected chi connectivity index (χ0v) is 14.6. The molecule has 123 valence electrons. The van der Waals surface area contributed by atoms with Crippen molar-refractivity contribution in [3.05, 3.63) is 81.4 Å². The molecular weight excluding hydrogens is 357 g/mol. The van der Waals surface area contributed by atoms with Crippen molar-refractivity contribution in [2.45, 2.75) is 6.54 Å². The topological polar surface area (TPSA) is 58.7 Å². The quantitative estimate of drug-likeness (QED) is 0.679. The molecule has 3 aromatic rings. The van der Waals surface area contributed by atoms with Crippen LogP contribution in [0.25, 0.3) is 22.4 Å². The fraction of sp³-hybridized carbons (Fsp3) is 0.0526. The standard InChI is InChI=1S/C19H12Cl2N3O/c1-2-24-19(25)16(11-22)17(12-3-7-14(20)8-4-12)18(23-24)13-5-9-15(21)10-6-13/h3-10H,1-2H2. The highest BCUT2D eigenvalue weighted by molar-refractivity contribution is 6.31. The van der Waals surface area contributed by atoms with Crippen molar-refractivity contribution in [3.63, 3.8) is 0 Å². The fourth-order valence-electron chi connectivity index (χ4n) is 2.53. The second-order valence-electron chi connectivity index (χ2n) is 5.25. The molecule has 1 radical (unpaired) electrons. The number of rotatable bonds is 3. The number of hydrogen-bond donors (Lipinski definition) is 0. The summed E-state index contributed by atoms with van der Waals surface area (Å²) in [5.74, 6) is 0. The Hall–Kier alpha value is -2.61. The molecule has 0 bridgehead atoms. The summed E-state index contributed by atoms with van der Waals surface area (Å²) in [6, 6.07) is 16.0. The summed E-state index contributed by atoms with van der Waals surface area (Å²) < 4.78 is 1.18. The smallest absolute Gasteiger partial charge is 0.266 e. The summed E-state index contributed by atoms with van der Waals surface area (Å²) in [6.45, 7) is 3.83. The van der Waals surface area contributed by atoms with Gasteiger partial charge in [0.25, 0.3) is 5.56 Å². The van der Waals surface area contributed by atoms with Gasteiger partial charge in [0, 0.05) is 27.7 Å². The second-order valence-corrected chi connectivity index (χ2v) is 6.13. The van der Waals surface area contributed by atoms with Crippen molar-refractivity contribution < 1.29 is 0 Å². The first-order valence-corrected chi connectivity index (χ1v) is 8.17. The van der Waals surface area contributed by atoms with E-state index < -0.39 is 5.56 Å². The van der Waals surface area contributed by atoms with Gasteiger partial charge in [0.05, 0.1) is 0 Å². The normalized spacial score (nSPS) is 10.5. The SMILES string of the molecule is [CH2]Cn1nc(-c2ccc(Cl)cc2)c(-c2ccc(Cl)cc2)c(C#N)c1=O. The Morgan fingerprint density at radius 2 is 1.52 bits per heavy atom. The van der Waals surface area contributed by atoms with Gasteiger partial charge in [0.15, 0.2) is 0 Å². The predicted molar refractivity (Wildman–Crippen MR) is 99.5 cm³/mol. The molecule has 0 aliphatic carbocycles. The number of benzene rings is 2. The van der Waals surface area contributed by atoms with Crippen LogP contribution in [0, 0.1) is 18.3 Å². The summed E-state index contributed by atoms with van der Waals surface area (Å²) in [5, 5.41) is 15.2. The van der Waals surface area contributed by atoms with E-state index in [1.807, 2.05) is 6.07 Å². The maximum absolute atomic E-state index is 12.5. The lowest BCUT2D eigenvalue weighted by molar-refractivity contribution is 0.652. The van der Waals surface area contributed by atoms with Gasteiger partial charge in [-0.15, -0.1) is 0 Å². The Morgan fingerprint density at radius 1 is 1.00 bits per heavy atom. The average Bonchev–Trinajstić information content (AvgIpc) is 2.63. The Morgan fingerprint density at radius 3 is 2.00 bits per heavy atom. The molecule has 1 heterocycles. The number of aromatic nitrogens is 2. The zero-order valence-electron chi connectivity index (χ0n) is 13.0. The van der Waals surface area contributed by atoms with Crippen LogP contribution in [0.3, 0.4) is 0 Å². The molecule has 0 fully saturated rings. The van der Waals surface area contributed by atoms with E-state index >= 15 is 0 Å². The van der Waals surface area contributed by atoms with Crippen LogP contribution in [0.5, 0.6) is 0 Å². The maximum atomic E-state index is 12.5. The van der Waals surface area contributed by atoms with Crippen molar-refractivity contribution >= 4 is 23.2 Å². The molecule has 3 rings (SSSR count). The number of halogens is 2. The Bertz CT molecular complexity index is 1020. The lowest BCUT2D eigenvalue weighted by Gasteiger charge is -2.14. The monoisotopic (exact) mass is 368 g/mol. The summed E-state index contributed by atoms with van der Waals surface area (Å²) in [6.07, 6.45) is 0. The summed E-state index contributed by atoms with van der Waals surface area (Å²) >= 11 is 11.9. The van der Waals surface area contributed by atoms with Crippen molar-refractivity contribution in [2.24, 2.45) is 0 Å². The van der Waals surface area contributed by atoms with Crippen molar-refractivity contribution in [1.82, 2.24) is 9.78 Å². The molecule has 0 unspecified atom stereocenters. The van der Waals surface area contributed by atoms with E-state index in [9.17, 15) is 10.1 Å².